The Morgan fingerprint density at radius 2 is 2.05 bits per heavy atom. The van der Waals surface area contributed by atoms with Crippen LogP contribution in [0.5, 0.6) is 5.75 Å². The van der Waals surface area contributed by atoms with E-state index >= 15 is 0 Å². The van der Waals surface area contributed by atoms with Crippen LogP contribution in [-0.2, 0) is 0 Å². The predicted molar refractivity (Wildman–Crippen MR) is 82.8 cm³/mol. The number of para-hydroxylation sites is 1. The van der Waals surface area contributed by atoms with Crippen LogP contribution in [0.2, 0.25) is 0 Å². The van der Waals surface area contributed by atoms with Gasteiger partial charge in [0.2, 0.25) is 0 Å². The highest BCUT2D eigenvalue weighted by Gasteiger charge is 2.23. The van der Waals surface area contributed by atoms with E-state index in [0.29, 0.717) is 17.4 Å². The summed E-state index contributed by atoms with van der Waals surface area (Å²) in [5, 5.41) is 3.37. The van der Waals surface area contributed by atoms with E-state index in [1.54, 1.807) is 7.11 Å². The molecule has 0 aromatic heterocycles. The fourth-order valence-corrected chi connectivity index (χ4v) is 2.57. The number of carbonyl (C=O) groups is 1. The molecule has 2 rings (SSSR count). The molecule has 1 heterocycles. The first-order chi connectivity index (χ1) is 9.24. The zero-order chi connectivity index (χ0) is 13.7. The van der Waals surface area contributed by atoms with E-state index in [0.717, 1.165) is 32.4 Å². The summed E-state index contributed by atoms with van der Waals surface area (Å²) in [5.41, 5.74) is 0.643. The van der Waals surface area contributed by atoms with Crippen molar-refractivity contribution in [3.05, 3.63) is 29.8 Å². The standard InChI is InChI=1S/C15H22N2O2.ClH/c1-17(12-6-5-10-16-11-9-12)15(18)13-7-3-4-8-14(13)19-2;/h3-4,7-8,12,16H,5-6,9-11H2,1-2H3;1H. The van der Waals surface area contributed by atoms with E-state index < -0.39 is 0 Å². The number of carbonyl (C=O) groups excluding carboxylic acids is 1. The number of halogens is 1. The molecule has 0 saturated carbocycles. The van der Waals surface area contributed by atoms with Crippen molar-refractivity contribution in [1.82, 2.24) is 10.2 Å². The summed E-state index contributed by atoms with van der Waals surface area (Å²) in [5.74, 6) is 0.690. The van der Waals surface area contributed by atoms with Gasteiger partial charge in [0, 0.05) is 13.1 Å². The second-order valence-corrected chi connectivity index (χ2v) is 4.95. The van der Waals surface area contributed by atoms with Crippen LogP contribution in [0, 0.1) is 0 Å². The second kappa shape index (κ2) is 8.12. The monoisotopic (exact) mass is 298 g/mol. The van der Waals surface area contributed by atoms with Gasteiger partial charge in [0.25, 0.3) is 5.91 Å². The Balaban J connectivity index is 0.00000200. The third-order valence-corrected chi connectivity index (χ3v) is 3.75. The van der Waals surface area contributed by atoms with Crippen LogP contribution in [-0.4, -0.2) is 44.1 Å². The highest BCUT2D eigenvalue weighted by atomic mass is 35.5. The zero-order valence-electron chi connectivity index (χ0n) is 12.1. The lowest BCUT2D eigenvalue weighted by molar-refractivity contribution is 0.0717. The average molecular weight is 299 g/mol. The van der Waals surface area contributed by atoms with Crippen LogP contribution >= 0.6 is 12.4 Å². The summed E-state index contributed by atoms with van der Waals surface area (Å²) in [6.07, 6.45) is 3.19. The summed E-state index contributed by atoms with van der Waals surface area (Å²) in [6, 6.07) is 7.72. The fourth-order valence-electron chi connectivity index (χ4n) is 2.57. The van der Waals surface area contributed by atoms with Gasteiger partial charge >= 0.3 is 0 Å². The van der Waals surface area contributed by atoms with Gasteiger partial charge in [-0.15, -0.1) is 12.4 Å². The lowest BCUT2D eigenvalue weighted by atomic mass is 10.1. The molecule has 1 unspecified atom stereocenters. The summed E-state index contributed by atoms with van der Waals surface area (Å²) in [4.78, 5) is 14.4. The van der Waals surface area contributed by atoms with Crippen molar-refractivity contribution in [2.45, 2.75) is 25.3 Å². The molecule has 20 heavy (non-hydrogen) atoms. The molecule has 1 aromatic carbocycles. The van der Waals surface area contributed by atoms with Gasteiger partial charge in [0.1, 0.15) is 5.75 Å². The Hall–Kier alpha value is -1.26. The summed E-state index contributed by atoms with van der Waals surface area (Å²) in [7, 11) is 3.49. The van der Waals surface area contributed by atoms with Crippen molar-refractivity contribution in [1.29, 1.82) is 0 Å². The number of nitrogens with zero attached hydrogens (tertiary/aromatic N) is 1. The van der Waals surface area contributed by atoms with Gasteiger partial charge in [0.15, 0.2) is 0 Å². The molecule has 1 aromatic rings. The lowest BCUT2D eigenvalue weighted by Gasteiger charge is -2.27. The van der Waals surface area contributed by atoms with Gasteiger partial charge in [-0.05, 0) is 44.5 Å². The number of rotatable bonds is 3. The summed E-state index contributed by atoms with van der Waals surface area (Å²) >= 11 is 0. The molecule has 0 aliphatic carbocycles. The SMILES string of the molecule is COc1ccccc1C(=O)N(C)C1CCCNCC1.Cl. The van der Waals surface area contributed by atoms with Crippen molar-refractivity contribution in [2.24, 2.45) is 0 Å². The highest BCUT2D eigenvalue weighted by Crippen LogP contribution is 2.21. The number of hydrogen-bond donors (Lipinski definition) is 1. The number of amides is 1. The van der Waals surface area contributed by atoms with E-state index in [4.69, 9.17) is 4.74 Å². The topological polar surface area (TPSA) is 41.6 Å². The summed E-state index contributed by atoms with van der Waals surface area (Å²) < 4.78 is 5.27. The van der Waals surface area contributed by atoms with Crippen LogP contribution in [0.15, 0.2) is 24.3 Å². The molecule has 1 saturated heterocycles. The van der Waals surface area contributed by atoms with Crippen LogP contribution in [0.1, 0.15) is 29.6 Å². The first-order valence-corrected chi connectivity index (χ1v) is 6.85. The molecule has 1 atom stereocenters. The van der Waals surface area contributed by atoms with Crippen molar-refractivity contribution < 1.29 is 9.53 Å². The smallest absolute Gasteiger partial charge is 0.257 e. The quantitative estimate of drug-likeness (QED) is 0.931. The maximum Gasteiger partial charge on any atom is 0.257 e. The van der Waals surface area contributed by atoms with Gasteiger partial charge in [-0.1, -0.05) is 12.1 Å². The van der Waals surface area contributed by atoms with E-state index in [-0.39, 0.29) is 18.3 Å². The Kier molecular flexibility index (Phi) is 6.82. The van der Waals surface area contributed by atoms with Crippen molar-refractivity contribution in [3.63, 3.8) is 0 Å². The molecule has 1 N–H and O–H groups in total. The molecular weight excluding hydrogens is 276 g/mol. The van der Waals surface area contributed by atoms with Gasteiger partial charge < -0.3 is 15.0 Å². The first kappa shape index (κ1) is 16.8. The van der Waals surface area contributed by atoms with Gasteiger partial charge in [-0.25, -0.2) is 0 Å². The number of ether oxygens (including phenoxy) is 1. The largest absolute Gasteiger partial charge is 0.496 e. The Morgan fingerprint density at radius 1 is 1.30 bits per heavy atom. The zero-order valence-corrected chi connectivity index (χ0v) is 12.9. The van der Waals surface area contributed by atoms with E-state index in [1.807, 2.05) is 36.2 Å². The minimum atomic E-state index is 0. The minimum absolute atomic E-state index is 0. The van der Waals surface area contributed by atoms with E-state index in [1.165, 1.54) is 0 Å². The normalized spacial score (nSPS) is 18.6. The highest BCUT2D eigenvalue weighted by molar-refractivity contribution is 5.97. The minimum Gasteiger partial charge on any atom is -0.496 e. The Morgan fingerprint density at radius 3 is 2.80 bits per heavy atom. The third-order valence-electron chi connectivity index (χ3n) is 3.75. The van der Waals surface area contributed by atoms with Crippen molar-refractivity contribution in [2.75, 3.05) is 27.2 Å². The Labute approximate surface area is 126 Å². The van der Waals surface area contributed by atoms with Gasteiger partial charge in [0.05, 0.1) is 12.7 Å². The molecule has 0 bridgehead atoms. The molecule has 112 valence electrons. The predicted octanol–water partition coefficient (Wildman–Crippen LogP) is 2.33. The van der Waals surface area contributed by atoms with Crippen LogP contribution in [0.3, 0.4) is 0 Å². The molecule has 1 fully saturated rings. The lowest BCUT2D eigenvalue weighted by Crippen LogP contribution is -2.37. The van der Waals surface area contributed by atoms with Crippen LogP contribution in [0.25, 0.3) is 0 Å². The number of methoxy groups -OCH3 is 1. The number of nitrogens with one attached hydrogen (secondary N) is 1. The number of hydrogen-bond acceptors (Lipinski definition) is 3. The number of benzene rings is 1. The third kappa shape index (κ3) is 3.87. The molecule has 5 heteroatoms. The van der Waals surface area contributed by atoms with Crippen molar-refractivity contribution >= 4 is 18.3 Å². The van der Waals surface area contributed by atoms with Crippen molar-refractivity contribution in [3.8, 4) is 5.75 Å². The van der Waals surface area contributed by atoms with E-state index in [2.05, 4.69) is 5.32 Å². The molecule has 1 aliphatic heterocycles. The van der Waals surface area contributed by atoms with Gasteiger partial charge in [-0.3, -0.25) is 4.79 Å². The Bertz CT molecular complexity index is 432. The molecule has 0 radical (unpaired) electrons. The van der Waals surface area contributed by atoms with Gasteiger partial charge in [-0.2, -0.15) is 0 Å². The fraction of sp³-hybridized carbons (Fsp3) is 0.533. The average Bonchev–Trinajstić information content (AvgIpc) is 2.74. The molecular formula is C15H23ClN2O2. The van der Waals surface area contributed by atoms with Crippen LogP contribution < -0.4 is 10.1 Å². The molecule has 0 spiro atoms. The first-order valence-electron chi connectivity index (χ1n) is 6.85. The summed E-state index contributed by atoms with van der Waals surface area (Å²) in [6.45, 7) is 2.03. The molecule has 4 nitrogen and oxygen atoms in total. The molecule has 1 amide bonds. The maximum absolute atomic E-state index is 12.6. The van der Waals surface area contributed by atoms with E-state index in [9.17, 15) is 4.79 Å². The maximum atomic E-state index is 12.6. The van der Waals surface area contributed by atoms with Crippen LogP contribution in [0.4, 0.5) is 0 Å². The second-order valence-electron chi connectivity index (χ2n) is 4.95. The molecule has 1 aliphatic rings.